The molecule has 0 bridgehead atoms. The van der Waals surface area contributed by atoms with Crippen molar-refractivity contribution in [3.8, 4) is 0 Å². The number of nitrogens with two attached hydrogens (primary N) is 1. The van der Waals surface area contributed by atoms with E-state index in [-0.39, 0.29) is 0 Å². The molecule has 0 atom stereocenters. The molecule has 0 aliphatic carbocycles. The van der Waals surface area contributed by atoms with Crippen molar-refractivity contribution in [3.05, 3.63) is 40.0 Å². The zero-order valence-corrected chi connectivity index (χ0v) is 10.4. The van der Waals surface area contributed by atoms with E-state index in [0.717, 1.165) is 24.1 Å². The van der Waals surface area contributed by atoms with Crippen LogP contribution in [0.2, 0.25) is 0 Å². The molecule has 5 heteroatoms. The fraction of sp³-hybridized carbons (Fsp3) is 0.250. The number of aryl methyl sites for hydroxylation is 2. The third kappa shape index (κ3) is 2.88. The summed E-state index contributed by atoms with van der Waals surface area (Å²) in [6.45, 7) is 0. The highest BCUT2D eigenvalue weighted by molar-refractivity contribution is 7.07. The monoisotopic (exact) mass is 246 g/mol. The van der Waals surface area contributed by atoms with E-state index in [9.17, 15) is 0 Å². The van der Waals surface area contributed by atoms with Crippen molar-refractivity contribution in [1.82, 2.24) is 9.97 Å². The number of hydrogen-bond acceptors (Lipinski definition) is 5. The first-order chi connectivity index (χ1) is 8.31. The Hall–Kier alpha value is -1.75. The molecule has 2 heterocycles. The molecule has 2 aromatic heterocycles. The van der Waals surface area contributed by atoms with Crippen LogP contribution < -0.4 is 5.73 Å². The number of aliphatic imine (C=N–C) groups is 1. The summed E-state index contributed by atoms with van der Waals surface area (Å²) in [5.41, 5.74) is 8.93. The Morgan fingerprint density at radius 1 is 1.41 bits per heavy atom. The number of nitrogens with zero attached hydrogens (tertiary/aromatic N) is 3. The fourth-order valence-corrected chi connectivity index (χ4v) is 2.32. The van der Waals surface area contributed by atoms with Gasteiger partial charge in [-0.3, -0.25) is 4.99 Å². The number of anilines is 1. The van der Waals surface area contributed by atoms with Gasteiger partial charge < -0.3 is 5.73 Å². The van der Waals surface area contributed by atoms with Crippen molar-refractivity contribution in [2.75, 3.05) is 12.8 Å². The van der Waals surface area contributed by atoms with E-state index >= 15 is 0 Å². The van der Waals surface area contributed by atoms with E-state index in [1.54, 1.807) is 24.6 Å². The second kappa shape index (κ2) is 5.54. The summed E-state index contributed by atoms with van der Waals surface area (Å²) in [4.78, 5) is 12.2. The third-order valence-electron chi connectivity index (χ3n) is 2.49. The number of rotatable bonds is 4. The van der Waals surface area contributed by atoms with Gasteiger partial charge in [0.2, 0.25) is 0 Å². The van der Waals surface area contributed by atoms with Crippen molar-refractivity contribution in [2.24, 2.45) is 4.99 Å². The molecule has 0 saturated carbocycles. The highest BCUT2D eigenvalue weighted by Crippen LogP contribution is 2.14. The number of thiophene rings is 1. The SMILES string of the molecule is CN=Cc1c(N)ncnc1CCc1ccsc1. The molecule has 2 N–H and O–H groups in total. The summed E-state index contributed by atoms with van der Waals surface area (Å²) in [5, 5.41) is 4.23. The smallest absolute Gasteiger partial charge is 0.135 e. The van der Waals surface area contributed by atoms with Gasteiger partial charge >= 0.3 is 0 Å². The highest BCUT2D eigenvalue weighted by atomic mass is 32.1. The van der Waals surface area contributed by atoms with Crippen molar-refractivity contribution >= 4 is 23.4 Å². The average molecular weight is 246 g/mol. The molecule has 2 rings (SSSR count). The van der Waals surface area contributed by atoms with Crippen LogP contribution in [0.15, 0.2) is 28.1 Å². The lowest BCUT2D eigenvalue weighted by atomic mass is 10.1. The minimum Gasteiger partial charge on any atom is -0.383 e. The van der Waals surface area contributed by atoms with Crippen LogP contribution in [0.25, 0.3) is 0 Å². The van der Waals surface area contributed by atoms with Crippen LogP contribution in [-0.4, -0.2) is 23.2 Å². The molecule has 0 saturated heterocycles. The van der Waals surface area contributed by atoms with Gasteiger partial charge in [0.1, 0.15) is 12.1 Å². The second-order valence-electron chi connectivity index (χ2n) is 3.64. The maximum absolute atomic E-state index is 5.82. The third-order valence-corrected chi connectivity index (χ3v) is 3.22. The van der Waals surface area contributed by atoms with Crippen LogP contribution >= 0.6 is 11.3 Å². The van der Waals surface area contributed by atoms with E-state index in [1.165, 1.54) is 11.9 Å². The quantitative estimate of drug-likeness (QED) is 0.839. The van der Waals surface area contributed by atoms with Crippen LogP contribution in [-0.2, 0) is 12.8 Å². The zero-order valence-electron chi connectivity index (χ0n) is 9.63. The Balaban J connectivity index is 2.17. The Bertz CT molecular complexity index is 505. The van der Waals surface area contributed by atoms with Crippen LogP contribution in [0, 0.1) is 0 Å². The van der Waals surface area contributed by atoms with Gasteiger partial charge in [-0.25, -0.2) is 9.97 Å². The predicted octanol–water partition coefficient (Wildman–Crippen LogP) is 1.95. The van der Waals surface area contributed by atoms with Gasteiger partial charge in [0, 0.05) is 13.3 Å². The minimum absolute atomic E-state index is 0.492. The summed E-state index contributed by atoms with van der Waals surface area (Å²) < 4.78 is 0. The molecule has 88 valence electrons. The summed E-state index contributed by atoms with van der Waals surface area (Å²) in [5.74, 6) is 0.492. The molecule has 4 nitrogen and oxygen atoms in total. The van der Waals surface area contributed by atoms with Crippen LogP contribution in [0.5, 0.6) is 0 Å². The van der Waals surface area contributed by atoms with E-state index in [2.05, 4.69) is 31.8 Å². The van der Waals surface area contributed by atoms with E-state index in [1.807, 2.05) is 0 Å². The molecule has 0 amide bonds. The van der Waals surface area contributed by atoms with Crippen LogP contribution in [0.1, 0.15) is 16.8 Å². The molecule has 0 radical (unpaired) electrons. The molecular weight excluding hydrogens is 232 g/mol. The lowest BCUT2D eigenvalue weighted by molar-refractivity contribution is 0.903. The van der Waals surface area contributed by atoms with Gasteiger partial charge in [-0.2, -0.15) is 11.3 Å². The van der Waals surface area contributed by atoms with Crippen molar-refractivity contribution < 1.29 is 0 Å². The second-order valence-corrected chi connectivity index (χ2v) is 4.42. The molecule has 17 heavy (non-hydrogen) atoms. The first-order valence-electron chi connectivity index (χ1n) is 5.34. The zero-order chi connectivity index (χ0) is 12.1. The lowest BCUT2D eigenvalue weighted by Gasteiger charge is -2.05. The van der Waals surface area contributed by atoms with Crippen molar-refractivity contribution in [3.63, 3.8) is 0 Å². The number of hydrogen-bond donors (Lipinski definition) is 1. The molecule has 2 aromatic rings. The summed E-state index contributed by atoms with van der Waals surface area (Å²) in [6.07, 6.45) is 5.04. The Labute approximate surface area is 104 Å². The normalized spacial score (nSPS) is 11.1. The van der Waals surface area contributed by atoms with E-state index in [4.69, 9.17) is 5.73 Å². The van der Waals surface area contributed by atoms with Crippen molar-refractivity contribution in [1.29, 1.82) is 0 Å². The average Bonchev–Trinajstić information content (AvgIpc) is 2.83. The summed E-state index contributed by atoms with van der Waals surface area (Å²) in [7, 11) is 1.72. The highest BCUT2D eigenvalue weighted by Gasteiger charge is 2.07. The first kappa shape index (κ1) is 11.7. The standard InChI is InChI=1S/C12H14N4S/c1-14-6-10-11(15-8-16-12(10)13)3-2-9-4-5-17-7-9/h4-8H,2-3H2,1H3,(H2,13,15,16). The van der Waals surface area contributed by atoms with Crippen molar-refractivity contribution in [2.45, 2.75) is 12.8 Å². The molecule has 0 fully saturated rings. The number of aromatic nitrogens is 2. The predicted molar refractivity (Wildman–Crippen MR) is 71.7 cm³/mol. The maximum atomic E-state index is 5.82. The topological polar surface area (TPSA) is 64.2 Å². The van der Waals surface area contributed by atoms with Gasteiger partial charge in [0.25, 0.3) is 0 Å². The van der Waals surface area contributed by atoms with E-state index in [0.29, 0.717) is 5.82 Å². The molecule has 0 spiro atoms. The fourth-order valence-electron chi connectivity index (χ4n) is 1.61. The summed E-state index contributed by atoms with van der Waals surface area (Å²) >= 11 is 1.71. The van der Waals surface area contributed by atoms with Crippen LogP contribution in [0.4, 0.5) is 5.82 Å². The molecule has 0 aliphatic rings. The molecule has 0 unspecified atom stereocenters. The Morgan fingerprint density at radius 3 is 3.00 bits per heavy atom. The molecular formula is C12H14N4S. The Kier molecular flexibility index (Phi) is 3.82. The van der Waals surface area contributed by atoms with E-state index < -0.39 is 0 Å². The summed E-state index contributed by atoms with van der Waals surface area (Å²) in [6, 6.07) is 2.13. The molecule has 0 aromatic carbocycles. The first-order valence-corrected chi connectivity index (χ1v) is 6.28. The van der Waals surface area contributed by atoms with Gasteiger partial charge in [0.05, 0.1) is 11.3 Å². The maximum Gasteiger partial charge on any atom is 0.135 e. The molecule has 0 aliphatic heterocycles. The Morgan fingerprint density at radius 2 is 2.29 bits per heavy atom. The van der Waals surface area contributed by atoms with Gasteiger partial charge in [-0.15, -0.1) is 0 Å². The number of nitrogen functional groups attached to an aromatic ring is 1. The lowest BCUT2D eigenvalue weighted by Crippen LogP contribution is -2.05. The van der Waals surface area contributed by atoms with Crippen LogP contribution in [0.3, 0.4) is 0 Å². The van der Waals surface area contributed by atoms with Gasteiger partial charge in [0.15, 0.2) is 0 Å². The largest absolute Gasteiger partial charge is 0.383 e. The minimum atomic E-state index is 0.492. The van der Waals surface area contributed by atoms with Gasteiger partial charge in [-0.05, 0) is 35.2 Å². The van der Waals surface area contributed by atoms with Gasteiger partial charge in [-0.1, -0.05) is 0 Å².